The van der Waals surface area contributed by atoms with E-state index in [0.717, 1.165) is 49.2 Å². The van der Waals surface area contributed by atoms with E-state index in [-0.39, 0.29) is 12.3 Å². The average Bonchev–Trinajstić information content (AvgIpc) is 3.55. The summed E-state index contributed by atoms with van der Waals surface area (Å²) >= 11 is 0. The highest BCUT2D eigenvalue weighted by molar-refractivity contribution is 6.31. The Hall–Kier alpha value is -3.43. The summed E-state index contributed by atoms with van der Waals surface area (Å²) in [6, 6.07) is 16.0. The summed E-state index contributed by atoms with van der Waals surface area (Å²) in [6.07, 6.45) is -1.94. The number of carbonyl (C=O) groups is 1. The Kier molecular flexibility index (Phi) is 3.42. The van der Waals surface area contributed by atoms with Crippen LogP contribution in [0.5, 0.6) is 0 Å². The fourth-order valence-electron chi connectivity index (χ4n) is 7.00. The van der Waals surface area contributed by atoms with E-state index in [9.17, 15) is 15.0 Å². The molecule has 3 aliphatic heterocycles. The van der Waals surface area contributed by atoms with Gasteiger partial charge in [-0.25, -0.2) is 0 Å². The number of hydrogen-bond acceptors (Lipinski definition) is 5. The van der Waals surface area contributed by atoms with E-state index in [4.69, 9.17) is 9.47 Å². The molecule has 1 saturated heterocycles. The van der Waals surface area contributed by atoms with Gasteiger partial charge in [-0.05, 0) is 24.6 Å². The first-order chi connectivity index (χ1) is 16.9. The zero-order valence-corrected chi connectivity index (χ0v) is 19.2. The summed E-state index contributed by atoms with van der Waals surface area (Å²) < 4.78 is 16.2. The average molecular weight is 469 g/mol. The lowest BCUT2D eigenvalue weighted by Gasteiger charge is -2.41. The molecule has 2 bridgehead atoms. The van der Waals surface area contributed by atoms with Crippen molar-refractivity contribution in [1.82, 2.24) is 14.5 Å². The lowest BCUT2D eigenvalue weighted by Crippen LogP contribution is -2.58. The van der Waals surface area contributed by atoms with E-state index >= 15 is 0 Å². The number of aromatic nitrogens is 2. The van der Waals surface area contributed by atoms with Gasteiger partial charge in [0.15, 0.2) is 17.6 Å². The van der Waals surface area contributed by atoms with Gasteiger partial charge >= 0.3 is 0 Å². The topological polar surface area (TPSA) is 97.9 Å². The van der Waals surface area contributed by atoms with Gasteiger partial charge in [-0.2, -0.15) is 0 Å². The summed E-state index contributed by atoms with van der Waals surface area (Å²) in [5.41, 5.74) is 2.16. The number of ether oxygens (including phenoxy) is 2. The van der Waals surface area contributed by atoms with E-state index in [0.29, 0.717) is 12.1 Å². The van der Waals surface area contributed by atoms with Gasteiger partial charge in [-0.1, -0.05) is 36.4 Å². The second-order valence-corrected chi connectivity index (χ2v) is 9.99. The Morgan fingerprint density at radius 3 is 2.51 bits per heavy atom. The number of aliphatic hydroxyl groups is 2. The standard InChI is InChI=1S/C27H23N3O5/c1-26-27(33,25(32)34-2)11-18(35-26)29-16-9-5-3-7-13(16)20-21-15(12-28-24(21)31)19-14-8-4-6-10-17(14)30(26)23(19)22(20)29/h3-10,18,25,32-33H,11-12H2,1-2H3,(H,28,31)/t18-,25?,26+,27+/m1/s1. The monoisotopic (exact) mass is 469 g/mol. The molecule has 8 heteroatoms. The van der Waals surface area contributed by atoms with Gasteiger partial charge in [0.2, 0.25) is 0 Å². The SMILES string of the molecule is COC(O)[C@@]1(O)C[C@H]2O[C@]1(C)n1c3ccccc3c3c4c(c5c6ccccc6n2c5c31)C(=O)NC4. The van der Waals surface area contributed by atoms with Crippen LogP contribution in [0.4, 0.5) is 0 Å². The van der Waals surface area contributed by atoms with Gasteiger partial charge < -0.3 is 34.1 Å². The van der Waals surface area contributed by atoms with E-state index in [1.807, 2.05) is 60.0 Å². The van der Waals surface area contributed by atoms with Crippen LogP contribution in [-0.4, -0.2) is 44.3 Å². The third-order valence-electron chi connectivity index (χ3n) is 8.52. The first kappa shape index (κ1) is 19.8. The number of carbonyl (C=O) groups excluding carboxylic acids is 1. The number of methoxy groups -OCH3 is 1. The van der Waals surface area contributed by atoms with Gasteiger partial charge in [-0.15, -0.1) is 0 Å². The van der Waals surface area contributed by atoms with Crippen molar-refractivity contribution in [1.29, 1.82) is 0 Å². The van der Waals surface area contributed by atoms with Crippen molar-refractivity contribution in [3.8, 4) is 0 Å². The molecule has 1 unspecified atom stereocenters. The molecule has 176 valence electrons. The summed E-state index contributed by atoms with van der Waals surface area (Å²) in [5, 5.41) is 29.9. The molecule has 0 radical (unpaired) electrons. The quantitative estimate of drug-likeness (QED) is 0.344. The molecule has 3 aromatic carbocycles. The molecule has 2 aromatic heterocycles. The van der Waals surface area contributed by atoms with Crippen molar-refractivity contribution in [3.05, 3.63) is 59.7 Å². The van der Waals surface area contributed by atoms with Crippen LogP contribution < -0.4 is 5.32 Å². The van der Waals surface area contributed by atoms with Gasteiger partial charge in [-0.3, -0.25) is 4.79 Å². The fraction of sp³-hybridized carbons (Fsp3) is 0.296. The zero-order chi connectivity index (χ0) is 23.9. The number of para-hydroxylation sites is 2. The van der Waals surface area contributed by atoms with Crippen LogP contribution in [0.25, 0.3) is 43.6 Å². The number of nitrogens with one attached hydrogen (secondary N) is 1. The maximum Gasteiger partial charge on any atom is 0.252 e. The minimum absolute atomic E-state index is 0.0746. The Morgan fingerprint density at radius 1 is 1.09 bits per heavy atom. The number of fused-ring (bicyclic) bond motifs is 13. The molecular formula is C27H23N3O5. The predicted molar refractivity (Wildman–Crippen MR) is 130 cm³/mol. The number of amides is 1. The second-order valence-electron chi connectivity index (χ2n) is 9.99. The Morgan fingerprint density at radius 2 is 1.77 bits per heavy atom. The Bertz CT molecular complexity index is 1780. The van der Waals surface area contributed by atoms with Crippen molar-refractivity contribution in [2.24, 2.45) is 0 Å². The van der Waals surface area contributed by atoms with Crippen LogP contribution in [-0.2, 0) is 21.7 Å². The third kappa shape index (κ3) is 1.97. The Labute approximate surface area is 199 Å². The first-order valence-electron chi connectivity index (χ1n) is 11.8. The molecule has 5 heterocycles. The molecule has 35 heavy (non-hydrogen) atoms. The van der Waals surface area contributed by atoms with Crippen molar-refractivity contribution in [2.45, 2.75) is 43.7 Å². The number of benzene rings is 3. The zero-order valence-electron chi connectivity index (χ0n) is 19.2. The molecule has 8 rings (SSSR count). The Balaban J connectivity index is 1.72. The van der Waals surface area contributed by atoms with Crippen LogP contribution in [0.2, 0.25) is 0 Å². The van der Waals surface area contributed by atoms with Gasteiger partial charge in [0.05, 0.1) is 27.6 Å². The molecule has 1 amide bonds. The van der Waals surface area contributed by atoms with Crippen molar-refractivity contribution < 1.29 is 24.5 Å². The molecule has 1 fully saturated rings. The van der Waals surface area contributed by atoms with Crippen molar-refractivity contribution in [2.75, 3.05) is 7.11 Å². The van der Waals surface area contributed by atoms with Crippen LogP contribution in [0.1, 0.15) is 35.5 Å². The highest BCUT2D eigenvalue weighted by atomic mass is 16.6. The van der Waals surface area contributed by atoms with E-state index in [1.54, 1.807) is 0 Å². The number of rotatable bonds is 2. The van der Waals surface area contributed by atoms with Crippen LogP contribution in [0, 0.1) is 0 Å². The third-order valence-corrected chi connectivity index (χ3v) is 8.52. The fourth-order valence-corrected chi connectivity index (χ4v) is 7.00. The number of hydrogen-bond donors (Lipinski definition) is 3. The van der Waals surface area contributed by atoms with Gasteiger partial charge in [0.25, 0.3) is 5.91 Å². The smallest absolute Gasteiger partial charge is 0.252 e. The number of aliphatic hydroxyl groups excluding tert-OH is 1. The largest absolute Gasteiger partial charge is 0.380 e. The summed E-state index contributed by atoms with van der Waals surface area (Å²) in [7, 11) is 1.38. The molecule has 5 aromatic rings. The molecule has 8 nitrogen and oxygen atoms in total. The van der Waals surface area contributed by atoms with Crippen LogP contribution >= 0.6 is 0 Å². The molecule has 0 spiro atoms. The minimum atomic E-state index is -1.73. The maximum absolute atomic E-state index is 13.2. The second kappa shape index (κ2) is 6.03. The molecular weight excluding hydrogens is 446 g/mol. The minimum Gasteiger partial charge on any atom is -0.380 e. The van der Waals surface area contributed by atoms with E-state index in [2.05, 4.69) is 9.88 Å². The molecule has 3 N–H and O–H groups in total. The van der Waals surface area contributed by atoms with Crippen molar-refractivity contribution >= 4 is 49.5 Å². The summed E-state index contributed by atoms with van der Waals surface area (Å²) in [5.74, 6) is -0.0746. The highest BCUT2D eigenvalue weighted by Crippen LogP contribution is 2.58. The van der Waals surface area contributed by atoms with E-state index in [1.165, 1.54) is 7.11 Å². The van der Waals surface area contributed by atoms with Crippen LogP contribution in [0.15, 0.2) is 48.5 Å². The van der Waals surface area contributed by atoms with E-state index < -0.39 is 23.8 Å². The maximum atomic E-state index is 13.2. The van der Waals surface area contributed by atoms with Gasteiger partial charge in [0, 0.05) is 41.6 Å². The number of nitrogens with zero attached hydrogens (tertiary/aromatic N) is 2. The molecule has 4 atom stereocenters. The highest BCUT2D eigenvalue weighted by Gasteiger charge is 2.64. The normalized spacial score (nSPS) is 27.9. The lowest BCUT2D eigenvalue weighted by molar-refractivity contribution is -0.269. The summed E-state index contributed by atoms with van der Waals surface area (Å²) in [6.45, 7) is 2.25. The first-order valence-corrected chi connectivity index (χ1v) is 11.8. The summed E-state index contributed by atoms with van der Waals surface area (Å²) in [4.78, 5) is 13.2. The lowest BCUT2D eigenvalue weighted by atomic mass is 9.88. The van der Waals surface area contributed by atoms with Crippen molar-refractivity contribution in [3.63, 3.8) is 0 Å². The molecule has 3 aliphatic rings. The molecule has 0 aliphatic carbocycles. The predicted octanol–water partition coefficient (Wildman–Crippen LogP) is 3.45. The molecule has 0 saturated carbocycles. The van der Waals surface area contributed by atoms with Gasteiger partial charge in [0.1, 0.15) is 6.23 Å². The van der Waals surface area contributed by atoms with Crippen LogP contribution in [0.3, 0.4) is 0 Å².